The molecule has 0 radical (unpaired) electrons. The van der Waals surface area contributed by atoms with Gasteiger partial charge in [0.05, 0.1) is 15.5 Å². The molecule has 0 N–H and O–H groups in total. The molecule has 0 saturated carbocycles. The molecule has 0 bridgehead atoms. The lowest BCUT2D eigenvalue weighted by atomic mass is 10.2. The Morgan fingerprint density at radius 1 is 1.27 bits per heavy atom. The van der Waals surface area contributed by atoms with Crippen molar-refractivity contribution >= 4 is 33.5 Å². The summed E-state index contributed by atoms with van der Waals surface area (Å²) in [6.45, 7) is 7.68. The van der Waals surface area contributed by atoms with E-state index in [4.69, 9.17) is 16.3 Å². The van der Waals surface area contributed by atoms with Gasteiger partial charge in [0.2, 0.25) is 10.0 Å². The number of hydrogen-bond acceptors (Lipinski definition) is 5. The van der Waals surface area contributed by atoms with Gasteiger partial charge < -0.3 is 9.64 Å². The number of nitrogens with zero attached hydrogens (tertiary/aromatic N) is 2. The molecule has 144 valence electrons. The van der Waals surface area contributed by atoms with E-state index in [1.807, 2.05) is 0 Å². The summed E-state index contributed by atoms with van der Waals surface area (Å²) in [5, 5.41) is 0.0365. The first-order chi connectivity index (χ1) is 12.0. The van der Waals surface area contributed by atoms with Crippen molar-refractivity contribution in [3.63, 3.8) is 0 Å². The lowest BCUT2D eigenvalue weighted by Gasteiger charge is -2.20. The third-order valence-electron chi connectivity index (χ3n) is 3.46. The Balaban J connectivity index is 2.94. The van der Waals surface area contributed by atoms with Gasteiger partial charge in [-0.25, -0.2) is 17.5 Å². The SMILES string of the molecule is C=C(C)CN(CC)C(=O)COC(=O)c1cc(S(=O)(=O)N(C)C)ccc1Cl. The zero-order chi connectivity index (χ0) is 20.1. The number of carbonyl (C=O) groups is 2. The average molecular weight is 403 g/mol. The van der Waals surface area contributed by atoms with Crippen molar-refractivity contribution in [2.24, 2.45) is 0 Å². The molecule has 1 amide bonds. The second-order valence-corrected chi connectivity index (χ2v) is 8.43. The van der Waals surface area contributed by atoms with Gasteiger partial charge in [-0.2, -0.15) is 0 Å². The van der Waals surface area contributed by atoms with Gasteiger partial charge in [0.25, 0.3) is 5.91 Å². The lowest BCUT2D eigenvalue weighted by Crippen LogP contribution is -2.35. The molecule has 1 aromatic carbocycles. The van der Waals surface area contributed by atoms with E-state index in [2.05, 4.69) is 6.58 Å². The van der Waals surface area contributed by atoms with Crippen molar-refractivity contribution in [2.75, 3.05) is 33.8 Å². The molecule has 0 aliphatic rings. The van der Waals surface area contributed by atoms with Gasteiger partial charge >= 0.3 is 5.97 Å². The highest BCUT2D eigenvalue weighted by molar-refractivity contribution is 7.89. The fourth-order valence-electron chi connectivity index (χ4n) is 2.03. The maximum Gasteiger partial charge on any atom is 0.340 e. The molecular formula is C17H23ClN2O5S. The van der Waals surface area contributed by atoms with E-state index in [9.17, 15) is 18.0 Å². The van der Waals surface area contributed by atoms with Crippen LogP contribution in [0.1, 0.15) is 24.2 Å². The molecule has 0 heterocycles. The van der Waals surface area contributed by atoms with Crippen LogP contribution in [0.15, 0.2) is 35.2 Å². The molecule has 26 heavy (non-hydrogen) atoms. The number of sulfonamides is 1. The molecule has 1 aromatic rings. The minimum Gasteiger partial charge on any atom is -0.452 e. The first-order valence-corrected chi connectivity index (χ1v) is 9.63. The van der Waals surface area contributed by atoms with Crippen LogP contribution in [-0.2, 0) is 19.6 Å². The van der Waals surface area contributed by atoms with E-state index in [0.717, 1.165) is 15.9 Å². The van der Waals surface area contributed by atoms with E-state index in [1.165, 1.54) is 31.1 Å². The number of esters is 1. The summed E-state index contributed by atoms with van der Waals surface area (Å²) in [6.07, 6.45) is 0. The van der Waals surface area contributed by atoms with Crippen molar-refractivity contribution in [3.8, 4) is 0 Å². The van der Waals surface area contributed by atoms with E-state index >= 15 is 0 Å². The van der Waals surface area contributed by atoms with Crippen LogP contribution in [0.25, 0.3) is 0 Å². The highest BCUT2D eigenvalue weighted by atomic mass is 35.5. The van der Waals surface area contributed by atoms with Crippen molar-refractivity contribution in [2.45, 2.75) is 18.7 Å². The second-order valence-electron chi connectivity index (χ2n) is 5.87. The molecule has 0 aromatic heterocycles. The van der Waals surface area contributed by atoms with Crippen LogP contribution in [0.4, 0.5) is 0 Å². The maximum absolute atomic E-state index is 12.2. The normalized spacial score (nSPS) is 11.3. The minimum absolute atomic E-state index is 0.0365. The highest BCUT2D eigenvalue weighted by Gasteiger charge is 2.22. The molecule has 0 spiro atoms. The maximum atomic E-state index is 12.2. The monoisotopic (exact) mass is 402 g/mol. The van der Waals surface area contributed by atoms with Crippen LogP contribution in [0.3, 0.4) is 0 Å². The van der Waals surface area contributed by atoms with Crippen molar-refractivity contribution in [3.05, 3.63) is 40.9 Å². The molecule has 9 heteroatoms. The van der Waals surface area contributed by atoms with E-state index in [1.54, 1.807) is 13.8 Å². The summed E-state index contributed by atoms with van der Waals surface area (Å²) >= 11 is 5.98. The molecule has 0 fully saturated rings. The minimum atomic E-state index is -3.73. The van der Waals surface area contributed by atoms with E-state index in [0.29, 0.717) is 13.1 Å². The van der Waals surface area contributed by atoms with Gasteiger partial charge in [0.1, 0.15) is 0 Å². The Kier molecular flexibility index (Phi) is 7.80. The number of benzene rings is 1. The molecule has 1 rings (SSSR count). The Labute approximate surface area is 159 Å². The van der Waals surface area contributed by atoms with E-state index in [-0.39, 0.29) is 21.4 Å². The van der Waals surface area contributed by atoms with Crippen LogP contribution in [-0.4, -0.2) is 63.3 Å². The summed E-state index contributed by atoms with van der Waals surface area (Å²) in [7, 11) is -0.977. The van der Waals surface area contributed by atoms with E-state index < -0.39 is 22.6 Å². The number of carbonyl (C=O) groups excluding carboxylic acids is 2. The Bertz CT molecular complexity index is 805. The fourth-order valence-corrected chi connectivity index (χ4v) is 3.15. The van der Waals surface area contributed by atoms with Gasteiger partial charge in [-0.1, -0.05) is 23.8 Å². The van der Waals surface area contributed by atoms with Gasteiger partial charge in [-0.15, -0.1) is 0 Å². The fraction of sp³-hybridized carbons (Fsp3) is 0.412. The number of ether oxygens (including phenoxy) is 1. The highest BCUT2D eigenvalue weighted by Crippen LogP contribution is 2.23. The molecular weight excluding hydrogens is 380 g/mol. The van der Waals surface area contributed by atoms with Crippen LogP contribution >= 0.6 is 11.6 Å². The zero-order valence-electron chi connectivity index (χ0n) is 15.3. The number of halogens is 1. The summed E-state index contributed by atoms with van der Waals surface area (Å²) in [5.41, 5.74) is 0.682. The van der Waals surface area contributed by atoms with Gasteiger partial charge in [-0.05, 0) is 32.0 Å². The molecule has 0 atom stereocenters. The number of likely N-dealkylation sites (N-methyl/N-ethyl adjacent to an activating group) is 1. The summed E-state index contributed by atoms with van der Waals surface area (Å²) in [4.78, 5) is 25.8. The van der Waals surface area contributed by atoms with Crippen molar-refractivity contribution in [1.82, 2.24) is 9.21 Å². The lowest BCUT2D eigenvalue weighted by molar-refractivity contribution is -0.133. The van der Waals surface area contributed by atoms with Crippen LogP contribution in [0.5, 0.6) is 0 Å². The summed E-state index contributed by atoms with van der Waals surface area (Å²) in [6, 6.07) is 3.73. The van der Waals surface area contributed by atoms with Gasteiger partial charge in [0.15, 0.2) is 6.61 Å². The third-order valence-corrected chi connectivity index (χ3v) is 5.60. The number of rotatable bonds is 8. The topological polar surface area (TPSA) is 84.0 Å². The first kappa shape index (κ1) is 22.1. The zero-order valence-corrected chi connectivity index (χ0v) is 16.9. The Hall–Kier alpha value is -1.90. The Morgan fingerprint density at radius 2 is 1.88 bits per heavy atom. The van der Waals surface area contributed by atoms with Crippen LogP contribution in [0.2, 0.25) is 5.02 Å². The largest absolute Gasteiger partial charge is 0.452 e. The predicted molar refractivity (Wildman–Crippen MR) is 99.7 cm³/mol. The predicted octanol–water partition coefficient (Wildman–Crippen LogP) is 2.17. The third kappa shape index (κ3) is 5.55. The van der Waals surface area contributed by atoms with Crippen molar-refractivity contribution in [1.29, 1.82) is 0 Å². The molecule has 0 unspecified atom stereocenters. The number of hydrogen-bond donors (Lipinski definition) is 0. The van der Waals surface area contributed by atoms with Gasteiger partial charge in [-0.3, -0.25) is 4.79 Å². The quantitative estimate of drug-likeness (QED) is 0.491. The van der Waals surface area contributed by atoms with Crippen LogP contribution < -0.4 is 0 Å². The first-order valence-electron chi connectivity index (χ1n) is 7.82. The summed E-state index contributed by atoms with van der Waals surface area (Å²) in [5.74, 6) is -1.25. The molecule has 0 aliphatic heterocycles. The summed E-state index contributed by atoms with van der Waals surface area (Å²) < 4.78 is 30.4. The molecule has 0 aliphatic carbocycles. The Morgan fingerprint density at radius 3 is 2.38 bits per heavy atom. The van der Waals surface area contributed by atoms with Crippen LogP contribution in [0, 0.1) is 0 Å². The number of amides is 1. The second kappa shape index (κ2) is 9.16. The molecule has 7 nitrogen and oxygen atoms in total. The van der Waals surface area contributed by atoms with Crippen molar-refractivity contribution < 1.29 is 22.7 Å². The molecule has 0 saturated heterocycles. The average Bonchev–Trinajstić information content (AvgIpc) is 2.56. The van der Waals surface area contributed by atoms with Gasteiger partial charge in [0, 0.05) is 27.2 Å². The smallest absolute Gasteiger partial charge is 0.340 e. The standard InChI is InChI=1S/C17H23ClN2O5S/c1-6-20(10-12(2)3)16(21)11-25-17(22)14-9-13(7-8-15(14)18)26(23,24)19(4)5/h7-9H,2,6,10-11H2,1,3-5H3.